The topological polar surface area (TPSA) is 39.2 Å². The summed E-state index contributed by atoms with van der Waals surface area (Å²) in [6, 6.07) is 6.67. The number of hydrogen-bond donors (Lipinski definition) is 0. The molecule has 0 aliphatic carbocycles. The van der Waals surface area contributed by atoms with Gasteiger partial charge in [-0.3, -0.25) is 9.78 Å². The van der Waals surface area contributed by atoms with Crippen molar-refractivity contribution < 1.29 is 13.9 Å². The van der Waals surface area contributed by atoms with Crippen molar-refractivity contribution in [3.05, 3.63) is 59.2 Å². The van der Waals surface area contributed by atoms with E-state index in [4.69, 9.17) is 4.74 Å². The zero-order valence-corrected chi connectivity index (χ0v) is 9.89. The van der Waals surface area contributed by atoms with E-state index in [2.05, 4.69) is 4.98 Å². The summed E-state index contributed by atoms with van der Waals surface area (Å²) in [5.41, 5.74) is 1.97. The van der Waals surface area contributed by atoms with E-state index < -0.39 is 5.82 Å². The first-order chi connectivity index (χ1) is 8.70. The molecule has 4 heteroatoms. The molecule has 0 atom stereocenters. The number of para-hydroxylation sites is 1. The predicted molar refractivity (Wildman–Crippen MR) is 65.1 cm³/mol. The molecular formula is C14H12FNO2. The average Bonchev–Trinajstić information content (AvgIpc) is 2.37. The lowest BCUT2D eigenvalue weighted by atomic mass is 10.1. The highest BCUT2D eigenvalue weighted by molar-refractivity contribution is 5.80. The first-order valence-electron chi connectivity index (χ1n) is 5.47. The van der Waals surface area contributed by atoms with Crippen molar-refractivity contribution in [2.75, 3.05) is 0 Å². The molecule has 0 radical (unpaired) electrons. The van der Waals surface area contributed by atoms with Crippen LogP contribution in [0.3, 0.4) is 0 Å². The van der Waals surface area contributed by atoms with Crippen LogP contribution in [-0.4, -0.2) is 11.3 Å². The van der Waals surface area contributed by atoms with Crippen molar-refractivity contribution in [3.8, 4) is 5.75 Å². The second-order valence-electron chi connectivity index (χ2n) is 3.91. The molecule has 0 unspecified atom stereocenters. The Morgan fingerprint density at radius 3 is 2.94 bits per heavy atom. The number of benzene rings is 1. The normalized spacial score (nSPS) is 10.1. The third-order valence-corrected chi connectivity index (χ3v) is 2.51. The Bertz CT molecular complexity index is 569. The number of hydrogen-bond acceptors (Lipinski definition) is 3. The Morgan fingerprint density at radius 1 is 1.39 bits per heavy atom. The van der Waals surface area contributed by atoms with Gasteiger partial charge in [0.2, 0.25) is 0 Å². The zero-order chi connectivity index (χ0) is 13.0. The first kappa shape index (κ1) is 12.2. The molecule has 2 rings (SSSR count). The molecule has 0 aliphatic rings. The van der Waals surface area contributed by atoms with Gasteiger partial charge in [-0.15, -0.1) is 0 Å². The second kappa shape index (κ2) is 5.40. The van der Waals surface area contributed by atoms with Gasteiger partial charge in [0, 0.05) is 11.8 Å². The number of rotatable bonds is 4. The molecule has 18 heavy (non-hydrogen) atoms. The quantitative estimate of drug-likeness (QED) is 0.777. The molecule has 0 N–H and O–H groups in total. The smallest absolute Gasteiger partial charge is 0.153 e. The molecule has 1 aromatic carbocycles. The molecule has 0 bridgehead atoms. The molecule has 0 saturated heterocycles. The summed E-state index contributed by atoms with van der Waals surface area (Å²) in [6.07, 6.45) is 3.40. The molecule has 0 aliphatic heterocycles. The lowest BCUT2D eigenvalue weighted by molar-refractivity contribution is 0.111. The van der Waals surface area contributed by atoms with Crippen LogP contribution in [0.5, 0.6) is 5.75 Å². The molecule has 92 valence electrons. The largest absolute Gasteiger partial charge is 0.488 e. The second-order valence-corrected chi connectivity index (χ2v) is 3.91. The number of carbonyl (C=O) groups excluding carboxylic acids is 1. The molecule has 3 nitrogen and oxygen atoms in total. The van der Waals surface area contributed by atoms with Crippen LogP contribution < -0.4 is 4.74 Å². The van der Waals surface area contributed by atoms with Gasteiger partial charge in [0.15, 0.2) is 6.29 Å². The standard InChI is InChI=1S/C14H12FNO2/c1-10-3-2-4-12(8-17)14(10)18-9-11-5-13(15)7-16-6-11/h2-8H,9H2,1H3. The number of ether oxygens (including phenoxy) is 1. The van der Waals surface area contributed by atoms with Gasteiger partial charge < -0.3 is 4.74 Å². The number of aldehydes is 1. The molecule has 0 amide bonds. The fourth-order valence-corrected chi connectivity index (χ4v) is 1.66. The van der Waals surface area contributed by atoms with E-state index in [1.807, 2.05) is 13.0 Å². The Morgan fingerprint density at radius 2 is 2.22 bits per heavy atom. The lowest BCUT2D eigenvalue weighted by Crippen LogP contribution is -2.01. The summed E-state index contributed by atoms with van der Waals surface area (Å²) in [7, 11) is 0. The van der Waals surface area contributed by atoms with Crippen LogP contribution in [0.15, 0.2) is 36.7 Å². The maximum atomic E-state index is 12.9. The van der Waals surface area contributed by atoms with Crippen molar-refractivity contribution in [1.29, 1.82) is 0 Å². The van der Waals surface area contributed by atoms with Gasteiger partial charge in [-0.2, -0.15) is 0 Å². The van der Waals surface area contributed by atoms with Gasteiger partial charge in [0.1, 0.15) is 18.2 Å². The van der Waals surface area contributed by atoms with E-state index >= 15 is 0 Å². The van der Waals surface area contributed by atoms with Crippen LogP contribution in [0.4, 0.5) is 4.39 Å². The van der Waals surface area contributed by atoms with Crippen molar-refractivity contribution in [2.45, 2.75) is 13.5 Å². The van der Waals surface area contributed by atoms with Gasteiger partial charge in [-0.05, 0) is 24.6 Å². The van der Waals surface area contributed by atoms with Crippen LogP contribution in [-0.2, 0) is 6.61 Å². The molecule has 2 aromatic rings. The van der Waals surface area contributed by atoms with E-state index in [1.54, 1.807) is 12.1 Å². The highest BCUT2D eigenvalue weighted by Crippen LogP contribution is 2.22. The third kappa shape index (κ3) is 2.71. The fraction of sp³-hybridized carbons (Fsp3) is 0.143. The summed E-state index contributed by atoms with van der Waals surface area (Å²) < 4.78 is 18.5. The summed E-state index contributed by atoms with van der Waals surface area (Å²) >= 11 is 0. The average molecular weight is 245 g/mol. The van der Waals surface area contributed by atoms with Gasteiger partial charge in [0.05, 0.1) is 11.8 Å². The maximum Gasteiger partial charge on any atom is 0.153 e. The molecular weight excluding hydrogens is 233 g/mol. The highest BCUT2D eigenvalue weighted by Gasteiger charge is 2.06. The number of aryl methyl sites for hydroxylation is 1. The zero-order valence-electron chi connectivity index (χ0n) is 9.89. The molecule has 1 aromatic heterocycles. The van der Waals surface area contributed by atoms with Crippen molar-refractivity contribution in [1.82, 2.24) is 4.98 Å². The molecule has 1 heterocycles. The highest BCUT2D eigenvalue weighted by atomic mass is 19.1. The van der Waals surface area contributed by atoms with Crippen LogP contribution in [0.25, 0.3) is 0 Å². The van der Waals surface area contributed by atoms with E-state index in [9.17, 15) is 9.18 Å². The molecule has 0 fully saturated rings. The number of pyridine rings is 1. The van der Waals surface area contributed by atoms with E-state index in [-0.39, 0.29) is 6.61 Å². The number of halogens is 1. The Kier molecular flexibility index (Phi) is 3.67. The van der Waals surface area contributed by atoms with Crippen LogP contribution in [0.2, 0.25) is 0 Å². The SMILES string of the molecule is Cc1cccc(C=O)c1OCc1cncc(F)c1. The predicted octanol–water partition coefficient (Wildman–Crippen LogP) is 2.92. The monoisotopic (exact) mass is 245 g/mol. The minimum Gasteiger partial charge on any atom is -0.488 e. The van der Waals surface area contributed by atoms with Crippen molar-refractivity contribution >= 4 is 6.29 Å². The molecule has 0 saturated carbocycles. The minimum absolute atomic E-state index is 0.177. The van der Waals surface area contributed by atoms with Gasteiger partial charge in [-0.1, -0.05) is 12.1 Å². The lowest BCUT2D eigenvalue weighted by Gasteiger charge is -2.11. The summed E-state index contributed by atoms with van der Waals surface area (Å²) in [5.74, 6) is 0.119. The van der Waals surface area contributed by atoms with Crippen molar-refractivity contribution in [2.24, 2.45) is 0 Å². The van der Waals surface area contributed by atoms with Gasteiger partial charge in [0.25, 0.3) is 0 Å². The minimum atomic E-state index is -0.406. The van der Waals surface area contributed by atoms with Gasteiger partial charge >= 0.3 is 0 Å². The third-order valence-electron chi connectivity index (χ3n) is 2.51. The maximum absolute atomic E-state index is 12.9. The van der Waals surface area contributed by atoms with Crippen LogP contribution in [0.1, 0.15) is 21.5 Å². The number of nitrogens with zero attached hydrogens (tertiary/aromatic N) is 1. The van der Waals surface area contributed by atoms with E-state index in [0.29, 0.717) is 16.9 Å². The fourth-order valence-electron chi connectivity index (χ4n) is 1.66. The van der Waals surface area contributed by atoms with E-state index in [0.717, 1.165) is 18.0 Å². The Balaban J connectivity index is 2.18. The van der Waals surface area contributed by atoms with Crippen molar-refractivity contribution in [3.63, 3.8) is 0 Å². The molecule has 0 spiro atoms. The summed E-state index contributed by atoms with van der Waals surface area (Å²) in [4.78, 5) is 14.6. The summed E-state index contributed by atoms with van der Waals surface area (Å²) in [5, 5.41) is 0. The Labute approximate surface area is 104 Å². The van der Waals surface area contributed by atoms with Crippen LogP contribution >= 0.6 is 0 Å². The Hall–Kier alpha value is -2.23. The number of carbonyl (C=O) groups is 1. The summed E-state index contributed by atoms with van der Waals surface area (Å²) in [6.45, 7) is 2.03. The van der Waals surface area contributed by atoms with Gasteiger partial charge in [-0.25, -0.2) is 4.39 Å². The first-order valence-corrected chi connectivity index (χ1v) is 5.47. The van der Waals surface area contributed by atoms with E-state index in [1.165, 1.54) is 12.3 Å². The number of aromatic nitrogens is 1. The van der Waals surface area contributed by atoms with Crippen LogP contribution in [0, 0.1) is 12.7 Å².